The molecule has 3 aliphatic heterocycles. The van der Waals surface area contributed by atoms with Crippen LogP contribution in [0, 0.1) is 0 Å². The van der Waals surface area contributed by atoms with Gasteiger partial charge in [0.15, 0.2) is 5.96 Å². The molecule has 1 aromatic rings. The van der Waals surface area contributed by atoms with E-state index in [-0.39, 0.29) is 29.4 Å². The van der Waals surface area contributed by atoms with E-state index in [2.05, 4.69) is 58.1 Å². The van der Waals surface area contributed by atoms with Gasteiger partial charge in [0.1, 0.15) is 12.3 Å². The number of rotatable bonds is 5. The van der Waals surface area contributed by atoms with Crippen molar-refractivity contribution in [1.82, 2.24) is 25.4 Å². The van der Waals surface area contributed by atoms with E-state index >= 15 is 0 Å². The predicted molar refractivity (Wildman–Crippen MR) is 115 cm³/mol. The summed E-state index contributed by atoms with van der Waals surface area (Å²) in [5, 5.41) is 6.79. The van der Waals surface area contributed by atoms with Gasteiger partial charge in [0.2, 0.25) is 5.89 Å². The molecule has 0 saturated carbocycles. The molecule has 0 aliphatic carbocycles. The third-order valence-electron chi connectivity index (χ3n) is 4.91. The highest BCUT2D eigenvalue weighted by atomic mass is 127. The average molecular weight is 476 g/mol. The second kappa shape index (κ2) is 9.36. The zero-order valence-corrected chi connectivity index (χ0v) is 18.7. The first kappa shape index (κ1) is 21.4. The van der Waals surface area contributed by atoms with Gasteiger partial charge < -0.3 is 15.1 Å². The Morgan fingerprint density at radius 2 is 2.00 bits per heavy atom. The molecule has 0 spiro atoms. The first-order valence-electron chi connectivity index (χ1n) is 9.39. The molecule has 4 heterocycles. The molecule has 3 saturated heterocycles. The topological polar surface area (TPSA) is 68.9 Å². The van der Waals surface area contributed by atoms with E-state index in [9.17, 15) is 0 Å². The maximum absolute atomic E-state index is 5.82. The monoisotopic (exact) mass is 476 g/mol. The fourth-order valence-electron chi connectivity index (χ4n) is 3.35. The van der Waals surface area contributed by atoms with E-state index in [1.165, 1.54) is 26.2 Å². The molecule has 1 unspecified atom stereocenters. The summed E-state index contributed by atoms with van der Waals surface area (Å²) in [6.07, 6.45) is 1.81. The van der Waals surface area contributed by atoms with Crippen LogP contribution in [0.15, 0.2) is 15.6 Å². The van der Waals surface area contributed by atoms with Crippen LogP contribution in [0.3, 0.4) is 0 Å². The van der Waals surface area contributed by atoms with Crippen molar-refractivity contribution < 1.29 is 4.42 Å². The lowest BCUT2D eigenvalue weighted by Crippen LogP contribution is -2.63. The number of hydrogen-bond acceptors (Lipinski definition) is 5. The number of guanidine groups is 1. The second-order valence-corrected chi connectivity index (χ2v) is 7.93. The highest BCUT2D eigenvalue weighted by molar-refractivity contribution is 14.0. The molecule has 2 N–H and O–H groups in total. The lowest BCUT2D eigenvalue weighted by Gasteiger charge is -2.47. The van der Waals surface area contributed by atoms with Gasteiger partial charge in [0.25, 0.3) is 0 Å². The summed E-state index contributed by atoms with van der Waals surface area (Å²) in [7, 11) is 0. The van der Waals surface area contributed by atoms with Crippen molar-refractivity contribution >= 4 is 29.9 Å². The van der Waals surface area contributed by atoms with Crippen molar-refractivity contribution in [2.45, 2.75) is 45.7 Å². The summed E-state index contributed by atoms with van der Waals surface area (Å²) >= 11 is 0. The van der Waals surface area contributed by atoms with Crippen molar-refractivity contribution in [1.29, 1.82) is 0 Å². The first-order valence-corrected chi connectivity index (χ1v) is 9.39. The molecule has 7 nitrogen and oxygen atoms in total. The van der Waals surface area contributed by atoms with Crippen LogP contribution < -0.4 is 10.6 Å². The number of aliphatic imine (C=N–C) groups is 1. The lowest BCUT2D eigenvalue weighted by atomic mass is 9.94. The molecule has 1 aromatic heterocycles. The van der Waals surface area contributed by atoms with E-state index in [0.29, 0.717) is 18.5 Å². The zero-order chi connectivity index (χ0) is 17.9. The molecule has 3 fully saturated rings. The number of aromatic nitrogens is 1. The Kier molecular flexibility index (Phi) is 7.72. The molecule has 0 amide bonds. The molecule has 3 aliphatic rings. The zero-order valence-electron chi connectivity index (χ0n) is 16.4. The van der Waals surface area contributed by atoms with Crippen LogP contribution >= 0.6 is 24.0 Å². The van der Waals surface area contributed by atoms with Crippen LogP contribution in [0.4, 0.5) is 0 Å². The smallest absolute Gasteiger partial charge is 0.216 e. The summed E-state index contributed by atoms with van der Waals surface area (Å²) in [6.45, 7) is 16.6. The lowest BCUT2D eigenvalue weighted by molar-refractivity contribution is 0.0154. The highest BCUT2D eigenvalue weighted by Gasteiger charge is 2.31. The second-order valence-electron chi connectivity index (χ2n) is 7.93. The van der Waals surface area contributed by atoms with Crippen molar-refractivity contribution in [3.05, 3.63) is 17.8 Å². The molecular formula is C18H33IN6O. The van der Waals surface area contributed by atoms with Crippen molar-refractivity contribution in [3.8, 4) is 0 Å². The molecule has 0 aromatic carbocycles. The summed E-state index contributed by atoms with van der Waals surface area (Å²) < 4.78 is 5.82. The van der Waals surface area contributed by atoms with Gasteiger partial charge in [-0.2, -0.15) is 0 Å². The fourth-order valence-corrected chi connectivity index (χ4v) is 3.35. The number of nitrogens with one attached hydrogen (secondary N) is 2. The molecule has 148 valence electrons. The predicted octanol–water partition coefficient (Wildman–Crippen LogP) is 1.64. The Balaban J connectivity index is 0.00000243. The number of oxazole rings is 1. The molecule has 2 bridgehead atoms. The normalized spacial score (nSPS) is 25.7. The van der Waals surface area contributed by atoms with Crippen LogP contribution in [0.1, 0.15) is 39.3 Å². The van der Waals surface area contributed by atoms with Gasteiger partial charge in [-0.3, -0.25) is 9.80 Å². The maximum atomic E-state index is 5.82. The van der Waals surface area contributed by atoms with Crippen LogP contribution in [-0.4, -0.2) is 72.6 Å². The van der Waals surface area contributed by atoms with Crippen LogP contribution in [0.25, 0.3) is 0 Å². The molecule has 0 radical (unpaired) electrons. The van der Waals surface area contributed by atoms with Crippen molar-refractivity contribution in [2.75, 3.05) is 45.8 Å². The average Bonchev–Trinajstić information content (AvgIpc) is 3.08. The van der Waals surface area contributed by atoms with E-state index < -0.39 is 0 Å². The van der Waals surface area contributed by atoms with Crippen molar-refractivity contribution in [3.63, 3.8) is 0 Å². The first-order chi connectivity index (χ1) is 12.0. The van der Waals surface area contributed by atoms with E-state index in [1.54, 1.807) is 0 Å². The van der Waals surface area contributed by atoms with Gasteiger partial charge in [-0.05, 0) is 6.92 Å². The Labute approximate surface area is 174 Å². The largest absolute Gasteiger partial charge is 0.443 e. The van der Waals surface area contributed by atoms with E-state index in [0.717, 1.165) is 31.4 Å². The minimum absolute atomic E-state index is 0. The van der Waals surface area contributed by atoms with Gasteiger partial charge in [0, 0.05) is 57.3 Å². The standard InChI is InChI=1S/C18H32N6O.HI/c1-5-19-17(21-10-14-13-23-6-8-24(14)9-7-23)22-12-16-20-11-15(25-16)18(2,3)4;/h11,14H,5-10,12-13H2,1-4H3,(H2,19,21,22);1H. The molecule has 8 heteroatoms. The third-order valence-corrected chi connectivity index (χ3v) is 4.91. The van der Waals surface area contributed by atoms with Crippen LogP contribution in [0.2, 0.25) is 0 Å². The number of fused-ring (bicyclic) bond motifs is 3. The number of halogens is 1. The Hall–Kier alpha value is -0.870. The van der Waals surface area contributed by atoms with Gasteiger partial charge in [-0.1, -0.05) is 20.8 Å². The van der Waals surface area contributed by atoms with Gasteiger partial charge >= 0.3 is 0 Å². The summed E-state index contributed by atoms with van der Waals surface area (Å²) in [6, 6.07) is 0.570. The molecular weight excluding hydrogens is 443 g/mol. The quantitative estimate of drug-likeness (QED) is 0.383. The molecule has 4 rings (SSSR count). The number of hydrogen-bond donors (Lipinski definition) is 2. The molecule has 1 atom stereocenters. The number of nitrogens with zero attached hydrogens (tertiary/aromatic N) is 4. The van der Waals surface area contributed by atoms with E-state index in [4.69, 9.17) is 4.42 Å². The summed E-state index contributed by atoms with van der Waals surface area (Å²) in [5.41, 5.74) is -0.0260. The Morgan fingerprint density at radius 3 is 2.54 bits per heavy atom. The van der Waals surface area contributed by atoms with Crippen LogP contribution in [-0.2, 0) is 12.0 Å². The summed E-state index contributed by atoms with van der Waals surface area (Å²) in [4.78, 5) is 14.1. The third kappa shape index (κ3) is 5.56. The minimum Gasteiger partial charge on any atom is -0.443 e. The minimum atomic E-state index is -0.0260. The highest BCUT2D eigenvalue weighted by Crippen LogP contribution is 2.22. The number of piperazine rings is 3. The SMILES string of the molecule is CCNC(=NCc1ncc(C(C)(C)C)o1)NCC1CN2CCN1CC2.I. The molecule has 26 heavy (non-hydrogen) atoms. The van der Waals surface area contributed by atoms with Gasteiger partial charge in [-0.15, -0.1) is 24.0 Å². The van der Waals surface area contributed by atoms with Crippen LogP contribution in [0.5, 0.6) is 0 Å². The van der Waals surface area contributed by atoms with Gasteiger partial charge in [0.05, 0.1) is 6.20 Å². The van der Waals surface area contributed by atoms with Gasteiger partial charge in [-0.25, -0.2) is 9.98 Å². The maximum Gasteiger partial charge on any atom is 0.216 e. The fraction of sp³-hybridized carbons (Fsp3) is 0.778. The van der Waals surface area contributed by atoms with E-state index in [1.807, 2.05) is 6.20 Å². The Morgan fingerprint density at radius 1 is 1.27 bits per heavy atom. The summed E-state index contributed by atoms with van der Waals surface area (Å²) in [5.74, 6) is 2.39. The Bertz CT molecular complexity index is 589. The van der Waals surface area contributed by atoms with Crippen molar-refractivity contribution in [2.24, 2.45) is 4.99 Å².